The number of anilines is 1. The Morgan fingerprint density at radius 1 is 1.35 bits per heavy atom. The number of hydrogen-bond donors (Lipinski definition) is 6. The highest BCUT2D eigenvalue weighted by Gasteiger charge is 2.39. The number of aromatic nitrogens is 3. The van der Waals surface area contributed by atoms with Gasteiger partial charge in [0.25, 0.3) is 5.91 Å². The maximum absolute atomic E-state index is 13.0. The number of fused-ring (bicyclic) bond motifs is 2. The number of carbonyl (C=O) groups is 1. The van der Waals surface area contributed by atoms with Crippen molar-refractivity contribution >= 4 is 51.5 Å². The molecule has 13 nitrogen and oxygen atoms in total. The Kier molecular flexibility index (Phi) is 6.78. The molecule has 2 aromatic heterocycles. The zero-order chi connectivity index (χ0) is 26.9. The molecule has 0 bridgehead atoms. The van der Waals surface area contributed by atoms with Crippen LogP contribution < -0.4 is 11.5 Å². The van der Waals surface area contributed by atoms with Gasteiger partial charge in [-0.25, -0.2) is 15.1 Å². The Bertz CT molecular complexity index is 1470. The number of aliphatic hydroxyl groups excluding tert-OH is 1. The number of carbonyl (C=O) groups excluding carboxylic acids is 1. The first-order chi connectivity index (χ1) is 17.5. The van der Waals surface area contributed by atoms with Gasteiger partial charge in [0.2, 0.25) is 0 Å². The molecule has 0 aliphatic carbocycles. The molecule has 2 atom stereocenters. The van der Waals surface area contributed by atoms with E-state index in [-0.39, 0.29) is 30.6 Å². The average molecular weight is 519 g/mol. The van der Waals surface area contributed by atoms with Crippen LogP contribution in [0.25, 0.3) is 22.0 Å². The van der Waals surface area contributed by atoms with E-state index in [2.05, 4.69) is 20.1 Å². The van der Waals surface area contributed by atoms with E-state index in [4.69, 9.17) is 31.5 Å². The molecule has 8 N–H and O–H groups in total. The van der Waals surface area contributed by atoms with Crippen LogP contribution in [-0.2, 0) is 9.53 Å². The summed E-state index contributed by atoms with van der Waals surface area (Å²) in [6.45, 7) is -0.0492. The fourth-order valence-corrected chi connectivity index (χ4v) is 3.45. The van der Waals surface area contributed by atoms with Gasteiger partial charge >= 0.3 is 6.18 Å². The Morgan fingerprint density at radius 2 is 2.05 bits per heavy atom. The SMILES string of the molecule is N=CC(C=C(N)C(F)(F)F)=N/C=C\C(=N)N1CCOC(C(O)c2nc3cc4o[nH]c(N)c4cc3n2)C1=O. The lowest BCUT2D eigenvalue weighted by Gasteiger charge is -2.33. The van der Waals surface area contributed by atoms with Gasteiger partial charge in [0.15, 0.2) is 17.5 Å². The first kappa shape index (κ1) is 25.5. The van der Waals surface area contributed by atoms with Crippen LogP contribution in [0.3, 0.4) is 0 Å². The summed E-state index contributed by atoms with van der Waals surface area (Å²) in [6, 6.07) is 3.18. The second kappa shape index (κ2) is 9.82. The van der Waals surface area contributed by atoms with Crippen LogP contribution in [0.15, 0.2) is 45.7 Å². The highest BCUT2D eigenvalue weighted by Crippen LogP contribution is 2.28. The predicted molar refractivity (Wildman–Crippen MR) is 126 cm³/mol. The van der Waals surface area contributed by atoms with Crippen LogP contribution in [0.1, 0.15) is 11.9 Å². The summed E-state index contributed by atoms with van der Waals surface area (Å²) < 4.78 is 48.3. The molecule has 2 unspecified atom stereocenters. The van der Waals surface area contributed by atoms with E-state index in [1.807, 2.05) is 0 Å². The number of allylic oxidation sites excluding steroid dienone is 2. The Morgan fingerprint density at radius 3 is 2.73 bits per heavy atom. The number of amidine groups is 1. The van der Waals surface area contributed by atoms with E-state index in [0.717, 1.165) is 17.2 Å². The summed E-state index contributed by atoms with van der Waals surface area (Å²) >= 11 is 0. The number of halogens is 3. The number of nitrogen functional groups attached to an aromatic ring is 1. The number of ether oxygens (including phenoxy) is 1. The number of nitrogens with one attached hydrogen (secondary N) is 3. The summed E-state index contributed by atoms with van der Waals surface area (Å²) in [5.74, 6) is -0.923. The number of aromatic amines is 1. The topological polar surface area (TPSA) is 217 Å². The number of morpholine rings is 1. The van der Waals surface area contributed by atoms with Gasteiger partial charge in [0.1, 0.15) is 23.5 Å². The normalized spacial score (nSPS) is 18.8. The van der Waals surface area contributed by atoms with Gasteiger partial charge in [-0.3, -0.25) is 20.1 Å². The minimum Gasteiger partial charge on any atom is -0.395 e. The van der Waals surface area contributed by atoms with E-state index < -0.39 is 35.7 Å². The molecule has 194 valence electrons. The lowest BCUT2D eigenvalue weighted by molar-refractivity contribution is -0.157. The predicted octanol–water partition coefficient (Wildman–Crippen LogP) is 1.53. The van der Waals surface area contributed by atoms with Crippen molar-refractivity contribution < 1.29 is 32.3 Å². The number of aliphatic imine (C=N–C) groups is 1. The lowest BCUT2D eigenvalue weighted by Crippen LogP contribution is -2.52. The Balaban J connectivity index is 1.49. The Hall–Kier alpha value is -4.57. The van der Waals surface area contributed by atoms with Crippen molar-refractivity contribution in [3.63, 3.8) is 0 Å². The molecular weight excluding hydrogens is 499 g/mol. The monoisotopic (exact) mass is 519 g/mol. The number of imidazole rings is 1. The summed E-state index contributed by atoms with van der Waals surface area (Å²) in [5.41, 5.74) is 10.0. The van der Waals surface area contributed by atoms with Crippen LogP contribution in [0.5, 0.6) is 0 Å². The number of benzene rings is 1. The van der Waals surface area contributed by atoms with Crippen molar-refractivity contribution in [3.8, 4) is 0 Å². The lowest BCUT2D eigenvalue weighted by atomic mass is 10.1. The second-order valence-corrected chi connectivity index (χ2v) is 7.76. The Labute approximate surface area is 205 Å². The van der Waals surface area contributed by atoms with Crippen molar-refractivity contribution in [3.05, 3.63) is 42.0 Å². The summed E-state index contributed by atoms with van der Waals surface area (Å²) in [6.07, 6.45) is -4.78. The van der Waals surface area contributed by atoms with Crippen LogP contribution in [0, 0.1) is 10.8 Å². The summed E-state index contributed by atoms with van der Waals surface area (Å²) in [5, 5.41) is 29.2. The van der Waals surface area contributed by atoms with E-state index >= 15 is 0 Å². The second-order valence-electron chi connectivity index (χ2n) is 7.76. The first-order valence-electron chi connectivity index (χ1n) is 10.5. The van der Waals surface area contributed by atoms with Gasteiger partial charge in [0, 0.05) is 18.5 Å². The molecule has 1 aromatic carbocycles. The molecular formula is C21H20F3N9O4. The minimum atomic E-state index is -4.79. The van der Waals surface area contributed by atoms with Gasteiger partial charge < -0.3 is 31.2 Å². The molecule has 3 aromatic rings. The molecule has 0 radical (unpaired) electrons. The number of hydrogen-bond acceptors (Lipinski definition) is 11. The highest BCUT2D eigenvalue weighted by atomic mass is 19.4. The molecule has 0 spiro atoms. The molecule has 4 rings (SSSR count). The maximum atomic E-state index is 13.0. The standard InChI is InChI=1S/C21H20F3N9O4/c22-21(23,24)14(26)5-9(8-25)29-2-1-15(27)33-3-4-36-17(20(33)35)16(34)19-30-11-6-10-13(7-12(11)31-19)37-32-18(10)28/h1-2,5-8,16-17,25,27,32,34H,3-4,26,28H2/b2-1-,14-5?,25-8?,27-15?,29-9?. The van der Waals surface area contributed by atoms with Crippen LogP contribution in [-0.4, -0.2) is 74.2 Å². The van der Waals surface area contributed by atoms with Gasteiger partial charge in [-0.2, -0.15) is 13.2 Å². The zero-order valence-electron chi connectivity index (χ0n) is 18.8. The van der Waals surface area contributed by atoms with Crippen molar-refractivity contribution in [1.29, 1.82) is 10.8 Å². The molecule has 3 heterocycles. The minimum absolute atomic E-state index is 0.0245. The third kappa shape index (κ3) is 5.19. The molecule has 1 saturated heterocycles. The van der Waals surface area contributed by atoms with Crippen molar-refractivity contribution in [2.45, 2.75) is 18.4 Å². The van der Waals surface area contributed by atoms with Crippen molar-refractivity contribution in [2.75, 3.05) is 18.9 Å². The van der Waals surface area contributed by atoms with Crippen molar-refractivity contribution in [1.82, 2.24) is 20.0 Å². The molecule has 1 fully saturated rings. The van der Waals surface area contributed by atoms with E-state index in [1.165, 1.54) is 0 Å². The smallest absolute Gasteiger partial charge is 0.395 e. The third-order valence-corrected chi connectivity index (χ3v) is 5.31. The average Bonchev–Trinajstić information content (AvgIpc) is 3.43. The number of nitrogens with two attached hydrogens (primary N) is 2. The van der Waals surface area contributed by atoms with Gasteiger partial charge in [-0.15, -0.1) is 0 Å². The van der Waals surface area contributed by atoms with Crippen molar-refractivity contribution in [2.24, 2.45) is 10.7 Å². The molecule has 16 heteroatoms. The summed E-state index contributed by atoms with van der Waals surface area (Å²) in [7, 11) is 0. The van der Waals surface area contributed by atoms with E-state index in [9.17, 15) is 23.1 Å². The number of amides is 1. The number of rotatable bonds is 6. The van der Waals surface area contributed by atoms with Crippen LogP contribution >= 0.6 is 0 Å². The van der Waals surface area contributed by atoms with Gasteiger partial charge in [0.05, 0.1) is 35.3 Å². The molecule has 0 saturated carbocycles. The van der Waals surface area contributed by atoms with E-state index in [1.54, 1.807) is 12.1 Å². The van der Waals surface area contributed by atoms with Crippen LogP contribution in [0.4, 0.5) is 19.0 Å². The first-order valence-corrected chi connectivity index (χ1v) is 10.5. The highest BCUT2D eigenvalue weighted by molar-refractivity contribution is 6.35. The molecule has 1 amide bonds. The molecule has 1 aliphatic heterocycles. The zero-order valence-corrected chi connectivity index (χ0v) is 18.8. The third-order valence-electron chi connectivity index (χ3n) is 5.31. The van der Waals surface area contributed by atoms with Gasteiger partial charge in [-0.05, 0) is 18.2 Å². The quantitative estimate of drug-likeness (QED) is 0.207. The molecule has 37 heavy (non-hydrogen) atoms. The summed E-state index contributed by atoms with van der Waals surface area (Å²) in [4.78, 5) is 26.1. The van der Waals surface area contributed by atoms with E-state index in [0.29, 0.717) is 34.3 Å². The molecule has 1 aliphatic rings. The number of alkyl halides is 3. The van der Waals surface area contributed by atoms with Crippen LogP contribution in [0.2, 0.25) is 0 Å². The largest absolute Gasteiger partial charge is 0.430 e. The fourth-order valence-electron chi connectivity index (χ4n) is 3.45. The fraction of sp³-hybridized carbons (Fsp3) is 0.238. The maximum Gasteiger partial charge on any atom is 0.430 e. The number of aliphatic hydroxyl groups is 1. The number of nitrogens with zero attached hydrogens (tertiary/aromatic N) is 4. The van der Waals surface area contributed by atoms with Gasteiger partial charge in [-0.1, -0.05) is 0 Å². The number of H-pyrrole nitrogens is 1.